The number of benzene rings is 2. The van der Waals surface area contributed by atoms with Gasteiger partial charge in [-0.15, -0.1) is 11.3 Å². The molecule has 1 N–H and O–H groups in total. The van der Waals surface area contributed by atoms with Crippen molar-refractivity contribution in [1.29, 1.82) is 0 Å². The maximum Gasteiger partial charge on any atom is 0.347 e. The maximum absolute atomic E-state index is 13.2. The van der Waals surface area contributed by atoms with Gasteiger partial charge >= 0.3 is 5.97 Å². The molecule has 0 saturated heterocycles. The van der Waals surface area contributed by atoms with Crippen LogP contribution in [0.15, 0.2) is 58.8 Å². The van der Waals surface area contributed by atoms with E-state index in [1.54, 1.807) is 22.5 Å². The number of aryl methyl sites for hydroxylation is 1. The molecule has 1 aromatic heterocycles. The molecule has 172 valence electrons. The number of carbonyl (C=O) groups is 1. The monoisotopic (exact) mass is 475 g/mol. The van der Waals surface area contributed by atoms with Crippen molar-refractivity contribution in [2.24, 2.45) is 0 Å². The molecule has 3 rings (SSSR count). The fourth-order valence-corrected chi connectivity index (χ4v) is 6.46. The summed E-state index contributed by atoms with van der Waals surface area (Å²) < 4.78 is 34.9. The molecule has 0 unspecified atom stereocenters. The van der Waals surface area contributed by atoms with Crippen LogP contribution in [0.4, 0.5) is 0 Å². The average Bonchev–Trinajstić information content (AvgIpc) is 3.19. The van der Waals surface area contributed by atoms with Gasteiger partial charge in [-0.3, -0.25) is 0 Å². The van der Waals surface area contributed by atoms with Crippen LogP contribution >= 0.6 is 11.3 Å². The van der Waals surface area contributed by atoms with E-state index in [4.69, 9.17) is 4.74 Å². The number of hydrogen-bond acceptors (Lipinski definition) is 5. The van der Waals surface area contributed by atoms with Crippen molar-refractivity contribution in [1.82, 2.24) is 4.31 Å². The topological polar surface area (TPSA) is 83.9 Å². The molecule has 32 heavy (non-hydrogen) atoms. The molecule has 8 heteroatoms. The minimum atomic E-state index is -3.54. The van der Waals surface area contributed by atoms with Gasteiger partial charge in [-0.25, -0.2) is 13.2 Å². The highest BCUT2D eigenvalue weighted by atomic mass is 32.2. The first-order chi connectivity index (χ1) is 15.1. The Morgan fingerprint density at radius 3 is 2.41 bits per heavy atom. The normalized spacial score (nSPS) is 12.4. The van der Waals surface area contributed by atoms with Gasteiger partial charge in [-0.1, -0.05) is 37.3 Å². The highest BCUT2D eigenvalue weighted by molar-refractivity contribution is 7.91. The maximum atomic E-state index is 13.2. The molecule has 6 nitrogen and oxygen atoms in total. The van der Waals surface area contributed by atoms with E-state index in [0.29, 0.717) is 35.9 Å². The lowest BCUT2D eigenvalue weighted by Gasteiger charge is -2.22. The average molecular weight is 476 g/mol. The minimum absolute atomic E-state index is 0.384. The zero-order chi connectivity index (χ0) is 23.4. The van der Waals surface area contributed by atoms with Crippen LogP contribution in [0.2, 0.25) is 0 Å². The van der Waals surface area contributed by atoms with E-state index < -0.39 is 21.6 Å². The van der Waals surface area contributed by atoms with Crippen molar-refractivity contribution < 1.29 is 23.1 Å². The highest BCUT2D eigenvalue weighted by Crippen LogP contribution is 2.31. The van der Waals surface area contributed by atoms with Crippen molar-refractivity contribution >= 4 is 37.4 Å². The van der Waals surface area contributed by atoms with Crippen LogP contribution in [-0.4, -0.2) is 42.5 Å². The number of hydrogen-bond donors (Lipinski definition) is 1. The number of carboxylic acid groups (broad SMARTS) is 1. The lowest BCUT2D eigenvalue weighted by atomic mass is 10.1. The smallest absolute Gasteiger partial charge is 0.347 e. The van der Waals surface area contributed by atoms with Crippen LogP contribution in [-0.2, 0) is 21.2 Å². The van der Waals surface area contributed by atoms with E-state index in [1.165, 1.54) is 25.2 Å². The number of nitrogens with zero attached hydrogens (tertiary/aromatic N) is 1. The first-order valence-electron chi connectivity index (χ1n) is 10.6. The van der Waals surface area contributed by atoms with Crippen LogP contribution in [0, 0.1) is 0 Å². The third-order valence-corrected chi connectivity index (χ3v) is 8.62. The summed E-state index contributed by atoms with van der Waals surface area (Å²) in [5.41, 5.74) is -0.260. The van der Waals surface area contributed by atoms with Crippen LogP contribution in [0.25, 0.3) is 10.1 Å². The van der Waals surface area contributed by atoms with Gasteiger partial charge in [0, 0.05) is 17.8 Å². The van der Waals surface area contributed by atoms with Crippen LogP contribution < -0.4 is 4.74 Å². The van der Waals surface area contributed by atoms with E-state index in [9.17, 15) is 18.3 Å². The number of sulfonamides is 1. The summed E-state index contributed by atoms with van der Waals surface area (Å²) in [6.07, 6.45) is 2.14. The molecule has 0 spiro atoms. The molecule has 0 radical (unpaired) electrons. The Labute approximate surface area is 193 Å². The summed E-state index contributed by atoms with van der Waals surface area (Å²) in [5.74, 6) is -0.543. The number of carboxylic acids is 1. The quantitative estimate of drug-likeness (QED) is 0.413. The van der Waals surface area contributed by atoms with Gasteiger partial charge in [0.15, 0.2) is 5.60 Å². The van der Waals surface area contributed by atoms with Gasteiger partial charge in [0.2, 0.25) is 0 Å². The number of ether oxygens (including phenoxy) is 1. The summed E-state index contributed by atoms with van der Waals surface area (Å²) >= 11 is 1.31. The Morgan fingerprint density at radius 1 is 1.09 bits per heavy atom. The van der Waals surface area contributed by atoms with Gasteiger partial charge in [-0.2, -0.15) is 4.31 Å². The van der Waals surface area contributed by atoms with E-state index in [1.807, 2.05) is 43.3 Å². The second-order valence-corrected chi connectivity index (χ2v) is 11.4. The second-order valence-electron chi connectivity index (χ2n) is 8.17. The van der Waals surface area contributed by atoms with E-state index >= 15 is 0 Å². The van der Waals surface area contributed by atoms with Gasteiger partial charge < -0.3 is 9.84 Å². The van der Waals surface area contributed by atoms with Crippen molar-refractivity contribution in [3.05, 3.63) is 60.2 Å². The summed E-state index contributed by atoms with van der Waals surface area (Å²) in [6, 6.07) is 16.7. The third-order valence-electron chi connectivity index (χ3n) is 5.15. The van der Waals surface area contributed by atoms with Crippen molar-refractivity contribution in [2.75, 3.05) is 13.1 Å². The standard InChI is InChI=1S/C24H29NO5S2/c1-4-15-25(32(28,29)22-17-19-9-5-6-10-21(19)31-22)16-7-8-18-11-13-20(14-12-18)30-24(2,3)23(26)27/h5-6,9-14,17H,4,7-8,15-16H2,1-3H3,(H,26,27). The van der Waals surface area contributed by atoms with E-state index in [2.05, 4.69) is 0 Å². The van der Waals surface area contributed by atoms with Crippen molar-refractivity contribution in [2.45, 2.75) is 49.8 Å². The molecule has 0 aliphatic heterocycles. The third kappa shape index (κ3) is 5.68. The molecular formula is C24H29NO5S2. The second kappa shape index (κ2) is 10.0. The van der Waals surface area contributed by atoms with Gasteiger partial charge in [0.05, 0.1) is 0 Å². The fourth-order valence-electron chi connectivity index (χ4n) is 3.34. The number of rotatable bonds is 11. The summed E-state index contributed by atoms with van der Waals surface area (Å²) in [7, 11) is -3.54. The van der Waals surface area contributed by atoms with Gasteiger partial charge in [0.1, 0.15) is 9.96 Å². The fraction of sp³-hybridized carbons (Fsp3) is 0.375. The molecule has 0 bridgehead atoms. The molecule has 0 aliphatic carbocycles. The lowest BCUT2D eigenvalue weighted by Crippen LogP contribution is -2.37. The Balaban J connectivity index is 1.64. The zero-order valence-corrected chi connectivity index (χ0v) is 20.2. The van der Waals surface area contributed by atoms with Crippen LogP contribution in [0.1, 0.15) is 39.2 Å². The predicted molar refractivity (Wildman–Crippen MR) is 128 cm³/mol. The molecule has 3 aromatic rings. The molecule has 1 heterocycles. The molecule has 0 saturated carbocycles. The zero-order valence-electron chi connectivity index (χ0n) is 18.6. The molecule has 2 aromatic carbocycles. The summed E-state index contributed by atoms with van der Waals surface area (Å²) in [4.78, 5) is 11.2. The molecule has 0 aliphatic rings. The highest BCUT2D eigenvalue weighted by Gasteiger charge is 2.29. The first-order valence-corrected chi connectivity index (χ1v) is 12.9. The Bertz CT molecular complexity index is 1130. The van der Waals surface area contributed by atoms with Crippen molar-refractivity contribution in [3.63, 3.8) is 0 Å². The van der Waals surface area contributed by atoms with Gasteiger partial charge in [0.25, 0.3) is 10.0 Å². The Hall–Kier alpha value is -2.42. The van der Waals surface area contributed by atoms with Crippen LogP contribution in [0.5, 0.6) is 5.75 Å². The number of thiophene rings is 1. The molecule has 0 fully saturated rings. The van der Waals surface area contributed by atoms with Crippen molar-refractivity contribution in [3.8, 4) is 5.75 Å². The first kappa shape index (κ1) is 24.2. The predicted octanol–water partition coefficient (Wildman–Crippen LogP) is 5.18. The largest absolute Gasteiger partial charge is 0.478 e. The molecular weight excluding hydrogens is 446 g/mol. The number of fused-ring (bicyclic) bond motifs is 1. The minimum Gasteiger partial charge on any atom is -0.478 e. The Kier molecular flexibility index (Phi) is 7.59. The Morgan fingerprint density at radius 2 is 1.78 bits per heavy atom. The van der Waals surface area contributed by atoms with E-state index in [0.717, 1.165) is 22.1 Å². The summed E-state index contributed by atoms with van der Waals surface area (Å²) in [5, 5.41) is 10.1. The molecule has 0 atom stereocenters. The SMILES string of the molecule is CCCN(CCCc1ccc(OC(C)(C)C(=O)O)cc1)S(=O)(=O)c1cc2ccccc2s1. The molecule has 0 amide bonds. The summed E-state index contributed by atoms with van der Waals surface area (Å²) in [6.45, 7) is 5.90. The lowest BCUT2D eigenvalue weighted by molar-refractivity contribution is -0.152. The van der Waals surface area contributed by atoms with E-state index in [-0.39, 0.29) is 0 Å². The number of aliphatic carboxylic acids is 1. The van der Waals surface area contributed by atoms with Gasteiger partial charge in [-0.05, 0) is 68.3 Å². The van der Waals surface area contributed by atoms with Crippen LogP contribution in [0.3, 0.4) is 0 Å².